The van der Waals surface area contributed by atoms with Crippen molar-refractivity contribution in [2.45, 2.75) is 13.1 Å². The number of rotatable bonds is 6. The Hall–Kier alpha value is -1.55. The van der Waals surface area contributed by atoms with Crippen molar-refractivity contribution in [3.05, 3.63) is 64.7 Å². The molecule has 3 N–H and O–H groups in total. The van der Waals surface area contributed by atoms with Crippen molar-refractivity contribution >= 4 is 17.3 Å². The van der Waals surface area contributed by atoms with E-state index < -0.39 is 0 Å². The Morgan fingerprint density at radius 1 is 1.05 bits per heavy atom. The summed E-state index contributed by atoms with van der Waals surface area (Å²) in [6.45, 7) is 2.21. The summed E-state index contributed by atoms with van der Waals surface area (Å²) in [7, 11) is 0. The maximum absolute atomic E-state index is 9.21. The van der Waals surface area contributed by atoms with Gasteiger partial charge in [0.25, 0.3) is 0 Å². The summed E-state index contributed by atoms with van der Waals surface area (Å²) in [5.41, 5.74) is 8.92. The quantitative estimate of drug-likeness (QED) is 0.804. The third kappa shape index (κ3) is 4.23. The average Bonchev–Trinajstić information content (AvgIpc) is 2.43. The molecule has 0 aromatic heterocycles. The number of benzene rings is 2. The Bertz CT molecular complexity index is 545. The van der Waals surface area contributed by atoms with Crippen LogP contribution in [-0.4, -0.2) is 23.2 Å². The minimum atomic E-state index is 0.125. The van der Waals surface area contributed by atoms with Crippen LogP contribution in [0.15, 0.2) is 48.5 Å². The van der Waals surface area contributed by atoms with Crippen molar-refractivity contribution < 1.29 is 5.11 Å². The smallest absolute Gasteiger partial charge is 0.0558 e. The minimum Gasteiger partial charge on any atom is -0.398 e. The largest absolute Gasteiger partial charge is 0.398 e. The highest BCUT2D eigenvalue weighted by atomic mass is 35.5. The standard InChI is InChI=1S/C16H19ClN2O/c17-15-7-6-14(16(18)10-15)12-19(8-9-20)11-13-4-2-1-3-5-13/h1-7,10,20H,8-9,11-12,18H2. The molecule has 0 saturated heterocycles. The summed E-state index contributed by atoms with van der Waals surface area (Å²) in [6.07, 6.45) is 0. The fourth-order valence-electron chi connectivity index (χ4n) is 2.15. The first-order valence-electron chi connectivity index (χ1n) is 6.60. The number of halogens is 1. The van der Waals surface area contributed by atoms with E-state index in [2.05, 4.69) is 17.0 Å². The SMILES string of the molecule is Nc1cc(Cl)ccc1CN(CCO)Cc1ccccc1. The summed E-state index contributed by atoms with van der Waals surface area (Å²) < 4.78 is 0. The van der Waals surface area contributed by atoms with E-state index in [-0.39, 0.29) is 6.61 Å². The van der Waals surface area contributed by atoms with Crippen LogP contribution in [0.2, 0.25) is 5.02 Å². The van der Waals surface area contributed by atoms with Crippen LogP contribution in [0.4, 0.5) is 5.69 Å². The van der Waals surface area contributed by atoms with Gasteiger partial charge in [-0.3, -0.25) is 4.90 Å². The highest BCUT2D eigenvalue weighted by Gasteiger charge is 2.09. The van der Waals surface area contributed by atoms with Crippen molar-refractivity contribution in [2.75, 3.05) is 18.9 Å². The van der Waals surface area contributed by atoms with Crippen molar-refractivity contribution in [3.8, 4) is 0 Å². The molecular weight excluding hydrogens is 272 g/mol. The predicted molar refractivity (Wildman–Crippen MR) is 83.5 cm³/mol. The van der Waals surface area contributed by atoms with Crippen LogP contribution in [-0.2, 0) is 13.1 Å². The van der Waals surface area contributed by atoms with Crippen LogP contribution >= 0.6 is 11.6 Å². The topological polar surface area (TPSA) is 49.5 Å². The maximum atomic E-state index is 9.21. The number of hydrogen-bond donors (Lipinski definition) is 2. The van der Waals surface area contributed by atoms with Crippen LogP contribution in [0, 0.1) is 0 Å². The first-order chi connectivity index (χ1) is 9.69. The van der Waals surface area contributed by atoms with Gasteiger partial charge in [-0.05, 0) is 23.3 Å². The zero-order valence-corrected chi connectivity index (χ0v) is 12.1. The molecule has 0 unspecified atom stereocenters. The van der Waals surface area contributed by atoms with Gasteiger partial charge in [-0.1, -0.05) is 48.0 Å². The lowest BCUT2D eigenvalue weighted by molar-refractivity contribution is 0.184. The monoisotopic (exact) mass is 290 g/mol. The lowest BCUT2D eigenvalue weighted by Gasteiger charge is -2.22. The first kappa shape index (κ1) is 14.9. The number of nitrogens with two attached hydrogens (primary N) is 1. The number of nitrogens with zero attached hydrogens (tertiary/aromatic N) is 1. The second-order valence-electron chi connectivity index (χ2n) is 4.76. The van der Waals surface area contributed by atoms with Crippen LogP contribution < -0.4 is 5.73 Å². The van der Waals surface area contributed by atoms with Crippen molar-refractivity contribution in [1.82, 2.24) is 4.90 Å². The van der Waals surface area contributed by atoms with Crippen LogP contribution in [0.25, 0.3) is 0 Å². The molecule has 4 heteroatoms. The van der Waals surface area contributed by atoms with Gasteiger partial charge >= 0.3 is 0 Å². The van der Waals surface area contributed by atoms with Crippen LogP contribution in [0.5, 0.6) is 0 Å². The second-order valence-corrected chi connectivity index (χ2v) is 5.20. The van der Waals surface area contributed by atoms with E-state index in [4.69, 9.17) is 17.3 Å². The van der Waals surface area contributed by atoms with Gasteiger partial charge in [0.05, 0.1) is 6.61 Å². The van der Waals surface area contributed by atoms with Gasteiger partial charge in [-0.2, -0.15) is 0 Å². The molecule has 0 spiro atoms. The summed E-state index contributed by atoms with van der Waals surface area (Å²) in [4.78, 5) is 2.16. The third-order valence-electron chi connectivity index (χ3n) is 3.17. The van der Waals surface area contributed by atoms with Gasteiger partial charge in [-0.25, -0.2) is 0 Å². The third-order valence-corrected chi connectivity index (χ3v) is 3.40. The van der Waals surface area contributed by atoms with E-state index >= 15 is 0 Å². The van der Waals surface area contributed by atoms with Gasteiger partial charge in [-0.15, -0.1) is 0 Å². The van der Waals surface area contributed by atoms with Crippen LogP contribution in [0.1, 0.15) is 11.1 Å². The number of hydrogen-bond acceptors (Lipinski definition) is 3. The summed E-state index contributed by atoms with van der Waals surface area (Å²) in [5.74, 6) is 0. The van der Waals surface area contributed by atoms with E-state index in [1.54, 1.807) is 6.07 Å². The van der Waals surface area contributed by atoms with Crippen molar-refractivity contribution in [2.24, 2.45) is 0 Å². The molecule has 0 heterocycles. The zero-order chi connectivity index (χ0) is 14.4. The Kier molecular flexibility index (Phi) is 5.41. The van der Waals surface area contributed by atoms with Crippen molar-refractivity contribution in [3.63, 3.8) is 0 Å². The molecule has 0 saturated carbocycles. The molecule has 0 aliphatic rings. The number of aliphatic hydroxyl groups excluding tert-OH is 1. The van der Waals surface area contributed by atoms with E-state index in [0.717, 1.165) is 12.1 Å². The minimum absolute atomic E-state index is 0.125. The molecule has 0 amide bonds. The van der Waals surface area contributed by atoms with E-state index in [1.807, 2.05) is 30.3 Å². The fraction of sp³-hybridized carbons (Fsp3) is 0.250. The second kappa shape index (κ2) is 7.29. The van der Waals surface area contributed by atoms with E-state index in [0.29, 0.717) is 23.8 Å². The molecular formula is C16H19ClN2O. The van der Waals surface area contributed by atoms with Crippen molar-refractivity contribution in [1.29, 1.82) is 0 Å². The molecule has 2 aromatic rings. The summed E-state index contributed by atoms with van der Waals surface area (Å²) in [6, 6.07) is 15.7. The normalized spacial score (nSPS) is 10.9. The Balaban J connectivity index is 2.09. The molecule has 0 radical (unpaired) electrons. The molecule has 0 aliphatic heterocycles. The predicted octanol–water partition coefficient (Wildman–Crippen LogP) is 2.92. The molecule has 0 atom stereocenters. The van der Waals surface area contributed by atoms with Gasteiger partial charge in [0.2, 0.25) is 0 Å². The molecule has 0 bridgehead atoms. The summed E-state index contributed by atoms with van der Waals surface area (Å²) in [5, 5.41) is 9.85. The number of nitrogen functional groups attached to an aromatic ring is 1. The number of aliphatic hydroxyl groups is 1. The van der Waals surface area contributed by atoms with E-state index in [1.165, 1.54) is 5.56 Å². The van der Waals surface area contributed by atoms with Gasteiger partial charge in [0.15, 0.2) is 0 Å². The van der Waals surface area contributed by atoms with Gasteiger partial charge < -0.3 is 10.8 Å². The highest BCUT2D eigenvalue weighted by Crippen LogP contribution is 2.20. The first-order valence-corrected chi connectivity index (χ1v) is 6.98. The lowest BCUT2D eigenvalue weighted by atomic mass is 10.1. The fourth-order valence-corrected chi connectivity index (χ4v) is 2.33. The Morgan fingerprint density at radius 3 is 2.45 bits per heavy atom. The zero-order valence-electron chi connectivity index (χ0n) is 11.3. The van der Waals surface area contributed by atoms with E-state index in [9.17, 15) is 5.11 Å². The molecule has 106 valence electrons. The molecule has 0 fully saturated rings. The number of anilines is 1. The lowest BCUT2D eigenvalue weighted by Crippen LogP contribution is -2.26. The van der Waals surface area contributed by atoms with Gasteiger partial charge in [0.1, 0.15) is 0 Å². The Morgan fingerprint density at radius 2 is 1.80 bits per heavy atom. The molecule has 3 nitrogen and oxygen atoms in total. The maximum Gasteiger partial charge on any atom is 0.0558 e. The molecule has 2 aromatic carbocycles. The van der Waals surface area contributed by atoms with Crippen LogP contribution in [0.3, 0.4) is 0 Å². The highest BCUT2D eigenvalue weighted by molar-refractivity contribution is 6.30. The molecule has 20 heavy (non-hydrogen) atoms. The molecule has 0 aliphatic carbocycles. The Labute approximate surface area is 124 Å². The van der Waals surface area contributed by atoms with Gasteiger partial charge in [0, 0.05) is 30.3 Å². The molecule has 2 rings (SSSR count). The summed E-state index contributed by atoms with van der Waals surface area (Å²) >= 11 is 5.91. The average molecular weight is 291 g/mol.